The number of carboxylic acid groups (broad SMARTS) is 1. The molecule has 2 rings (SSSR count). The normalized spacial score (nSPS) is 11.8. The predicted octanol–water partition coefficient (Wildman–Crippen LogP) is 4.45. The molecule has 1 unspecified atom stereocenters. The zero-order valence-electron chi connectivity index (χ0n) is 14.1. The number of carbonyl (C=O) groups is 1. The highest BCUT2D eigenvalue weighted by atomic mass is 16.7. The van der Waals surface area contributed by atoms with E-state index in [2.05, 4.69) is 6.58 Å². The Labute approximate surface area is 146 Å². The SMILES string of the molecule is C=COC(C)Oc1ccc(/C=C/c2ccc(C(=O)O)cc2)cc1OC. The van der Waals surface area contributed by atoms with Crippen LogP contribution in [0.2, 0.25) is 0 Å². The molecule has 0 aliphatic rings. The van der Waals surface area contributed by atoms with Gasteiger partial charge in [-0.1, -0.05) is 36.9 Å². The van der Waals surface area contributed by atoms with E-state index in [-0.39, 0.29) is 5.56 Å². The zero-order valence-corrected chi connectivity index (χ0v) is 14.1. The van der Waals surface area contributed by atoms with E-state index in [1.165, 1.54) is 6.26 Å². The van der Waals surface area contributed by atoms with Gasteiger partial charge in [0.25, 0.3) is 0 Å². The highest BCUT2D eigenvalue weighted by Gasteiger charge is 2.09. The molecule has 130 valence electrons. The molecule has 0 radical (unpaired) electrons. The van der Waals surface area contributed by atoms with Crippen molar-refractivity contribution < 1.29 is 24.1 Å². The van der Waals surface area contributed by atoms with Crippen LogP contribution in [-0.2, 0) is 4.74 Å². The Morgan fingerprint density at radius 2 is 1.72 bits per heavy atom. The Morgan fingerprint density at radius 1 is 1.08 bits per heavy atom. The van der Waals surface area contributed by atoms with Gasteiger partial charge in [-0.2, -0.15) is 0 Å². The number of carboxylic acids is 1. The smallest absolute Gasteiger partial charge is 0.335 e. The van der Waals surface area contributed by atoms with Crippen LogP contribution in [0.4, 0.5) is 0 Å². The van der Waals surface area contributed by atoms with E-state index in [0.29, 0.717) is 11.5 Å². The summed E-state index contributed by atoms with van der Waals surface area (Å²) in [6, 6.07) is 12.2. The first kappa shape index (κ1) is 18.1. The monoisotopic (exact) mass is 340 g/mol. The van der Waals surface area contributed by atoms with Crippen LogP contribution >= 0.6 is 0 Å². The van der Waals surface area contributed by atoms with E-state index in [1.807, 2.05) is 24.3 Å². The number of benzene rings is 2. The summed E-state index contributed by atoms with van der Waals surface area (Å²) < 4.78 is 16.1. The van der Waals surface area contributed by atoms with Crippen LogP contribution in [0.3, 0.4) is 0 Å². The van der Waals surface area contributed by atoms with Gasteiger partial charge in [-0.05, 0) is 35.4 Å². The maximum absolute atomic E-state index is 10.9. The largest absolute Gasteiger partial charge is 0.493 e. The zero-order chi connectivity index (χ0) is 18.2. The van der Waals surface area contributed by atoms with Crippen LogP contribution in [0.5, 0.6) is 11.5 Å². The molecule has 0 aromatic heterocycles. The second-order valence-corrected chi connectivity index (χ2v) is 5.16. The summed E-state index contributed by atoms with van der Waals surface area (Å²) >= 11 is 0. The van der Waals surface area contributed by atoms with Gasteiger partial charge in [0, 0.05) is 6.92 Å². The number of aromatic carboxylic acids is 1. The van der Waals surface area contributed by atoms with Crippen molar-refractivity contribution >= 4 is 18.1 Å². The van der Waals surface area contributed by atoms with Gasteiger partial charge in [-0.15, -0.1) is 0 Å². The third kappa shape index (κ3) is 5.14. The Balaban J connectivity index is 2.14. The molecule has 1 N–H and O–H groups in total. The van der Waals surface area contributed by atoms with Gasteiger partial charge < -0.3 is 19.3 Å². The Bertz CT molecular complexity index is 762. The van der Waals surface area contributed by atoms with E-state index in [1.54, 1.807) is 44.4 Å². The molecule has 5 heteroatoms. The number of ether oxygens (including phenoxy) is 3. The third-order valence-corrected chi connectivity index (χ3v) is 3.39. The van der Waals surface area contributed by atoms with Crippen LogP contribution in [-0.4, -0.2) is 24.5 Å². The fraction of sp³-hybridized carbons (Fsp3) is 0.150. The lowest BCUT2D eigenvalue weighted by Gasteiger charge is -2.16. The van der Waals surface area contributed by atoms with Gasteiger partial charge in [-0.25, -0.2) is 4.79 Å². The molecule has 0 aliphatic carbocycles. The summed E-state index contributed by atoms with van der Waals surface area (Å²) in [5, 5.41) is 8.91. The molecule has 0 amide bonds. The number of hydrogen-bond acceptors (Lipinski definition) is 4. The molecule has 25 heavy (non-hydrogen) atoms. The van der Waals surface area contributed by atoms with Crippen LogP contribution in [0.25, 0.3) is 12.2 Å². The minimum atomic E-state index is -0.939. The third-order valence-electron chi connectivity index (χ3n) is 3.39. The summed E-state index contributed by atoms with van der Waals surface area (Å²) in [6.07, 6.45) is 4.65. The van der Waals surface area contributed by atoms with Crippen molar-refractivity contribution in [1.82, 2.24) is 0 Å². The maximum Gasteiger partial charge on any atom is 0.335 e. The van der Waals surface area contributed by atoms with Crippen LogP contribution in [0.15, 0.2) is 55.3 Å². The summed E-state index contributed by atoms with van der Waals surface area (Å²) in [4.78, 5) is 10.9. The Kier molecular flexibility index (Phi) is 6.23. The van der Waals surface area contributed by atoms with Crippen LogP contribution < -0.4 is 9.47 Å². The molecule has 2 aromatic rings. The maximum atomic E-state index is 10.9. The van der Waals surface area contributed by atoms with Crippen molar-refractivity contribution in [2.75, 3.05) is 7.11 Å². The molecule has 0 heterocycles. The molecule has 2 aromatic carbocycles. The lowest BCUT2D eigenvalue weighted by molar-refractivity contribution is -0.0147. The van der Waals surface area contributed by atoms with Gasteiger partial charge >= 0.3 is 5.97 Å². The molecular formula is C20H20O5. The number of methoxy groups -OCH3 is 1. The van der Waals surface area contributed by atoms with E-state index in [9.17, 15) is 4.79 Å². The lowest BCUT2D eigenvalue weighted by atomic mass is 10.1. The topological polar surface area (TPSA) is 65.0 Å². The molecule has 0 spiro atoms. The highest BCUT2D eigenvalue weighted by Crippen LogP contribution is 2.29. The predicted molar refractivity (Wildman–Crippen MR) is 96.7 cm³/mol. The fourth-order valence-corrected chi connectivity index (χ4v) is 2.16. The first-order valence-electron chi connectivity index (χ1n) is 7.66. The molecular weight excluding hydrogens is 320 g/mol. The van der Waals surface area contributed by atoms with Crippen molar-refractivity contribution in [2.45, 2.75) is 13.2 Å². The second-order valence-electron chi connectivity index (χ2n) is 5.16. The van der Waals surface area contributed by atoms with E-state index >= 15 is 0 Å². The quantitative estimate of drug-likeness (QED) is 0.437. The van der Waals surface area contributed by atoms with Gasteiger partial charge in [0.05, 0.1) is 18.9 Å². The van der Waals surface area contributed by atoms with Crippen molar-refractivity contribution in [3.63, 3.8) is 0 Å². The van der Waals surface area contributed by atoms with Gasteiger partial charge in [0.2, 0.25) is 6.29 Å². The summed E-state index contributed by atoms with van der Waals surface area (Å²) in [7, 11) is 1.57. The van der Waals surface area contributed by atoms with E-state index in [0.717, 1.165) is 11.1 Å². The van der Waals surface area contributed by atoms with E-state index < -0.39 is 12.3 Å². The first-order valence-corrected chi connectivity index (χ1v) is 7.66. The average Bonchev–Trinajstić information content (AvgIpc) is 2.61. The second kappa shape index (κ2) is 8.59. The molecule has 0 saturated carbocycles. The number of hydrogen-bond donors (Lipinski definition) is 1. The molecule has 5 nitrogen and oxygen atoms in total. The molecule has 1 atom stereocenters. The fourth-order valence-electron chi connectivity index (χ4n) is 2.16. The summed E-state index contributed by atoms with van der Waals surface area (Å²) in [5.74, 6) is 0.216. The van der Waals surface area contributed by atoms with Gasteiger partial charge in [0.15, 0.2) is 11.5 Å². The van der Waals surface area contributed by atoms with Crippen LogP contribution in [0.1, 0.15) is 28.4 Å². The Hall–Kier alpha value is -3.21. The van der Waals surface area contributed by atoms with Crippen molar-refractivity contribution in [2.24, 2.45) is 0 Å². The molecule has 0 bridgehead atoms. The van der Waals surface area contributed by atoms with Crippen molar-refractivity contribution in [3.8, 4) is 11.5 Å². The van der Waals surface area contributed by atoms with Gasteiger partial charge in [-0.3, -0.25) is 0 Å². The minimum Gasteiger partial charge on any atom is -0.493 e. The van der Waals surface area contributed by atoms with Crippen molar-refractivity contribution in [3.05, 3.63) is 72.0 Å². The summed E-state index contributed by atoms with van der Waals surface area (Å²) in [6.45, 7) is 5.25. The summed E-state index contributed by atoms with van der Waals surface area (Å²) in [5.41, 5.74) is 2.08. The molecule has 0 saturated heterocycles. The standard InChI is InChI=1S/C20H20O5/c1-4-24-14(2)25-18-12-9-16(13-19(18)23-3)6-5-15-7-10-17(11-8-15)20(21)22/h4-14H,1H2,2-3H3,(H,21,22)/b6-5+. The van der Waals surface area contributed by atoms with Gasteiger partial charge in [0.1, 0.15) is 0 Å². The van der Waals surface area contributed by atoms with Crippen molar-refractivity contribution in [1.29, 1.82) is 0 Å². The van der Waals surface area contributed by atoms with Crippen LogP contribution in [0, 0.1) is 0 Å². The molecule has 0 fully saturated rings. The van der Waals surface area contributed by atoms with E-state index in [4.69, 9.17) is 19.3 Å². The first-order chi connectivity index (χ1) is 12.0. The number of rotatable bonds is 8. The minimum absolute atomic E-state index is 0.260. The Morgan fingerprint density at radius 3 is 2.32 bits per heavy atom. The molecule has 0 aliphatic heterocycles. The highest BCUT2D eigenvalue weighted by molar-refractivity contribution is 5.88. The average molecular weight is 340 g/mol. The lowest BCUT2D eigenvalue weighted by Crippen LogP contribution is -2.13.